The van der Waals surface area contributed by atoms with Crippen molar-refractivity contribution in [2.24, 2.45) is 5.16 Å². The third-order valence-electron chi connectivity index (χ3n) is 1.50. The van der Waals surface area contributed by atoms with Crippen molar-refractivity contribution in [1.82, 2.24) is 4.98 Å². The molecule has 0 saturated heterocycles. The van der Waals surface area contributed by atoms with E-state index in [0.717, 1.165) is 17.8 Å². The lowest BCUT2D eigenvalue weighted by Crippen LogP contribution is -2.01. The number of hydrogen-bond acceptors (Lipinski definition) is 3. The number of pyridine rings is 1. The highest BCUT2D eigenvalue weighted by Crippen LogP contribution is 2.00. The zero-order valence-electron chi connectivity index (χ0n) is 7.32. The summed E-state index contributed by atoms with van der Waals surface area (Å²) in [5, 5.41) is 3.87. The minimum atomic E-state index is 0.824. The van der Waals surface area contributed by atoms with E-state index in [1.165, 1.54) is 0 Å². The van der Waals surface area contributed by atoms with Gasteiger partial charge in [-0.05, 0) is 18.6 Å². The van der Waals surface area contributed by atoms with Gasteiger partial charge < -0.3 is 4.84 Å². The first-order valence-electron chi connectivity index (χ1n) is 3.90. The summed E-state index contributed by atoms with van der Waals surface area (Å²) in [5.41, 5.74) is 1.75. The van der Waals surface area contributed by atoms with Crippen LogP contribution < -0.4 is 0 Å². The SMILES string of the molecule is CC/C(=N/OC)c1ccccn1. The van der Waals surface area contributed by atoms with Crippen molar-refractivity contribution in [1.29, 1.82) is 0 Å². The van der Waals surface area contributed by atoms with Crippen LogP contribution in [0.25, 0.3) is 0 Å². The van der Waals surface area contributed by atoms with Crippen molar-refractivity contribution in [2.75, 3.05) is 7.11 Å². The molecule has 0 aliphatic rings. The van der Waals surface area contributed by atoms with Gasteiger partial charge in [0.25, 0.3) is 0 Å². The first kappa shape index (κ1) is 8.71. The standard InChI is InChI=1S/C9H12N2O/c1-3-8(11-12-2)9-6-4-5-7-10-9/h4-7H,3H2,1-2H3/b11-8-. The minimum Gasteiger partial charge on any atom is -0.399 e. The minimum absolute atomic E-state index is 0.824. The predicted octanol–water partition coefficient (Wildman–Crippen LogP) is 1.84. The third-order valence-corrected chi connectivity index (χ3v) is 1.50. The lowest BCUT2D eigenvalue weighted by atomic mass is 10.2. The van der Waals surface area contributed by atoms with Gasteiger partial charge in [-0.15, -0.1) is 0 Å². The van der Waals surface area contributed by atoms with Crippen LogP contribution in [0.1, 0.15) is 19.0 Å². The van der Waals surface area contributed by atoms with Gasteiger partial charge in [0, 0.05) is 6.20 Å². The van der Waals surface area contributed by atoms with E-state index in [9.17, 15) is 0 Å². The zero-order valence-corrected chi connectivity index (χ0v) is 7.32. The maximum Gasteiger partial charge on any atom is 0.106 e. The maximum absolute atomic E-state index is 4.70. The van der Waals surface area contributed by atoms with Crippen LogP contribution in [-0.4, -0.2) is 17.8 Å². The van der Waals surface area contributed by atoms with Crippen molar-refractivity contribution >= 4 is 5.71 Å². The third kappa shape index (κ3) is 2.05. The van der Waals surface area contributed by atoms with Gasteiger partial charge in [-0.25, -0.2) is 0 Å². The summed E-state index contributed by atoms with van der Waals surface area (Å²) in [7, 11) is 1.54. The summed E-state index contributed by atoms with van der Waals surface area (Å²) in [6.07, 6.45) is 2.57. The van der Waals surface area contributed by atoms with Gasteiger partial charge in [-0.2, -0.15) is 0 Å². The second-order valence-corrected chi connectivity index (χ2v) is 2.29. The number of oxime groups is 1. The van der Waals surface area contributed by atoms with E-state index >= 15 is 0 Å². The fourth-order valence-corrected chi connectivity index (χ4v) is 0.936. The summed E-state index contributed by atoms with van der Waals surface area (Å²) in [6, 6.07) is 5.73. The smallest absolute Gasteiger partial charge is 0.106 e. The van der Waals surface area contributed by atoms with Crippen LogP contribution >= 0.6 is 0 Å². The van der Waals surface area contributed by atoms with Crippen LogP contribution in [0.3, 0.4) is 0 Å². The van der Waals surface area contributed by atoms with Crippen LogP contribution in [0.4, 0.5) is 0 Å². The van der Waals surface area contributed by atoms with Crippen molar-refractivity contribution < 1.29 is 4.84 Å². The van der Waals surface area contributed by atoms with E-state index in [4.69, 9.17) is 4.84 Å². The Labute approximate surface area is 72.1 Å². The molecule has 0 amide bonds. The van der Waals surface area contributed by atoms with Crippen LogP contribution in [-0.2, 0) is 4.84 Å². The average molecular weight is 164 g/mol. The summed E-state index contributed by atoms with van der Waals surface area (Å²) < 4.78 is 0. The molecule has 12 heavy (non-hydrogen) atoms. The van der Waals surface area contributed by atoms with Crippen molar-refractivity contribution in [2.45, 2.75) is 13.3 Å². The molecular formula is C9H12N2O. The van der Waals surface area contributed by atoms with E-state index < -0.39 is 0 Å². The lowest BCUT2D eigenvalue weighted by Gasteiger charge is -1.99. The Morgan fingerprint density at radius 2 is 2.42 bits per heavy atom. The van der Waals surface area contributed by atoms with Gasteiger partial charge in [0.2, 0.25) is 0 Å². The van der Waals surface area contributed by atoms with Gasteiger partial charge in [-0.1, -0.05) is 18.1 Å². The van der Waals surface area contributed by atoms with Gasteiger partial charge >= 0.3 is 0 Å². The average Bonchev–Trinajstić information content (AvgIpc) is 2.15. The zero-order chi connectivity index (χ0) is 8.81. The predicted molar refractivity (Wildman–Crippen MR) is 48.1 cm³/mol. The molecule has 1 rings (SSSR count). The molecule has 0 aliphatic carbocycles. The molecule has 0 fully saturated rings. The molecule has 0 bridgehead atoms. The normalized spacial score (nSPS) is 11.3. The second-order valence-electron chi connectivity index (χ2n) is 2.29. The first-order chi connectivity index (χ1) is 5.88. The Hall–Kier alpha value is -1.38. The summed E-state index contributed by atoms with van der Waals surface area (Å²) in [4.78, 5) is 8.85. The number of nitrogens with zero attached hydrogens (tertiary/aromatic N) is 2. The largest absolute Gasteiger partial charge is 0.399 e. The van der Waals surface area contributed by atoms with E-state index in [1.807, 2.05) is 25.1 Å². The topological polar surface area (TPSA) is 34.5 Å². The molecule has 0 saturated carbocycles. The molecule has 1 heterocycles. The molecule has 0 radical (unpaired) electrons. The molecule has 64 valence electrons. The Morgan fingerprint density at radius 1 is 1.58 bits per heavy atom. The second kappa shape index (κ2) is 4.49. The van der Waals surface area contributed by atoms with Crippen LogP contribution in [0.5, 0.6) is 0 Å². The van der Waals surface area contributed by atoms with Gasteiger partial charge in [0.15, 0.2) is 0 Å². The molecule has 0 N–H and O–H groups in total. The first-order valence-corrected chi connectivity index (χ1v) is 3.90. The van der Waals surface area contributed by atoms with E-state index in [-0.39, 0.29) is 0 Å². The van der Waals surface area contributed by atoms with Crippen molar-refractivity contribution in [3.05, 3.63) is 30.1 Å². The molecule has 3 nitrogen and oxygen atoms in total. The molecular weight excluding hydrogens is 152 g/mol. The summed E-state index contributed by atoms with van der Waals surface area (Å²) in [6.45, 7) is 2.02. The van der Waals surface area contributed by atoms with E-state index in [1.54, 1.807) is 13.3 Å². The van der Waals surface area contributed by atoms with E-state index in [2.05, 4.69) is 10.1 Å². The van der Waals surface area contributed by atoms with Crippen LogP contribution in [0, 0.1) is 0 Å². The molecule has 1 aromatic heterocycles. The lowest BCUT2D eigenvalue weighted by molar-refractivity contribution is 0.213. The molecule has 0 aromatic carbocycles. The molecule has 0 spiro atoms. The fraction of sp³-hybridized carbons (Fsp3) is 0.333. The highest BCUT2D eigenvalue weighted by molar-refractivity contribution is 5.98. The molecule has 0 unspecified atom stereocenters. The fourth-order valence-electron chi connectivity index (χ4n) is 0.936. The Balaban J connectivity index is 2.88. The Bertz CT molecular complexity index is 256. The maximum atomic E-state index is 4.70. The Morgan fingerprint density at radius 3 is 2.92 bits per heavy atom. The molecule has 3 heteroatoms. The van der Waals surface area contributed by atoms with E-state index in [0.29, 0.717) is 0 Å². The molecule has 0 aliphatic heterocycles. The van der Waals surface area contributed by atoms with Gasteiger partial charge in [0.1, 0.15) is 12.8 Å². The number of aromatic nitrogens is 1. The van der Waals surface area contributed by atoms with Gasteiger partial charge in [-0.3, -0.25) is 4.98 Å². The quantitative estimate of drug-likeness (QED) is 0.504. The molecule has 0 atom stereocenters. The highest BCUT2D eigenvalue weighted by atomic mass is 16.6. The Kier molecular flexibility index (Phi) is 3.26. The van der Waals surface area contributed by atoms with Crippen LogP contribution in [0.15, 0.2) is 29.6 Å². The number of hydrogen-bond donors (Lipinski definition) is 0. The monoisotopic (exact) mass is 164 g/mol. The van der Waals surface area contributed by atoms with Crippen molar-refractivity contribution in [3.8, 4) is 0 Å². The van der Waals surface area contributed by atoms with Crippen molar-refractivity contribution in [3.63, 3.8) is 0 Å². The van der Waals surface area contributed by atoms with Gasteiger partial charge in [0.05, 0.1) is 5.69 Å². The summed E-state index contributed by atoms with van der Waals surface area (Å²) in [5.74, 6) is 0. The summed E-state index contributed by atoms with van der Waals surface area (Å²) >= 11 is 0. The van der Waals surface area contributed by atoms with Crippen LogP contribution in [0.2, 0.25) is 0 Å². The number of rotatable bonds is 3. The highest BCUT2D eigenvalue weighted by Gasteiger charge is 2.00. The molecule has 1 aromatic rings.